The number of esters is 1. The van der Waals surface area contributed by atoms with E-state index in [0.29, 0.717) is 12.8 Å². The zero-order chi connectivity index (χ0) is 15.9. The highest BCUT2D eigenvalue weighted by Crippen LogP contribution is 2.22. The van der Waals surface area contributed by atoms with Crippen LogP contribution in [0.2, 0.25) is 0 Å². The molecule has 6 nitrogen and oxygen atoms in total. The highest BCUT2D eigenvalue weighted by atomic mass is 19.4. The summed E-state index contributed by atoms with van der Waals surface area (Å²) in [6, 6.07) is 0. The fourth-order valence-electron chi connectivity index (χ4n) is 1.60. The molecule has 0 amide bonds. The van der Waals surface area contributed by atoms with E-state index in [-0.39, 0.29) is 18.3 Å². The van der Waals surface area contributed by atoms with Crippen molar-refractivity contribution in [3.05, 3.63) is 11.7 Å². The van der Waals surface area contributed by atoms with Crippen LogP contribution < -0.4 is 0 Å². The highest BCUT2D eigenvalue weighted by molar-refractivity contribution is 5.76. The monoisotopic (exact) mass is 310 g/mol. The van der Waals surface area contributed by atoms with Crippen LogP contribution in [0.4, 0.5) is 13.2 Å². The molecule has 1 unspecified atom stereocenters. The van der Waals surface area contributed by atoms with Crippen molar-refractivity contribution in [2.24, 2.45) is 0 Å². The largest absolute Gasteiger partial charge is 0.465 e. The van der Waals surface area contributed by atoms with Crippen molar-refractivity contribution >= 4 is 5.97 Å². The minimum atomic E-state index is -4.41. The minimum Gasteiger partial charge on any atom is -0.465 e. The summed E-state index contributed by atoms with van der Waals surface area (Å²) in [6.07, 6.45) is -3.28. The van der Waals surface area contributed by atoms with Gasteiger partial charge in [-0.05, 0) is 13.3 Å². The van der Waals surface area contributed by atoms with E-state index in [4.69, 9.17) is 9.26 Å². The lowest BCUT2D eigenvalue weighted by atomic mass is 10.0. The summed E-state index contributed by atoms with van der Waals surface area (Å²) in [4.78, 5) is 15.6. The number of carbonyl (C=O) groups is 1. The Kier molecular flexibility index (Phi) is 6.60. The molecule has 0 aliphatic heterocycles. The lowest BCUT2D eigenvalue weighted by molar-refractivity contribution is -0.177. The van der Waals surface area contributed by atoms with Gasteiger partial charge in [-0.15, -0.1) is 0 Å². The van der Waals surface area contributed by atoms with E-state index in [2.05, 4.69) is 14.9 Å². The summed E-state index contributed by atoms with van der Waals surface area (Å²) < 4.78 is 50.0. The molecule has 0 aliphatic rings. The first-order valence-electron chi connectivity index (χ1n) is 6.51. The van der Waals surface area contributed by atoms with Crippen LogP contribution in [0.3, 0.4) is 0 Å². The van der Waals surface area contributed by atoms with E-state index in [0.717, 1.165) is 0 Å². The number of nitrogens with zero attached hydrogens (tertiary/aromatic N) is 2. The molecule has 0 saturated heterocycles. The van der Waals surface area contributed by atoms with Crippen molar-refractivity contribution in [3.8, 4) is 0 Å². The molecule has 0 N–H and O–H groups in total. The Balaban J connectivity index is 2.64. The predicted octanol–water partition coefficient (Wildman–Crippen LogP) is 2.60. The average molecular weight is 310 g/mol. The molecule has 0 spiro atoms. The number of hydrogen-bond donors (Lipinski definition) is 0. The van der Waals surface area contributed by atoms with Gasteiger partial charge in [-0.2, -0.15) is 18.2 Å². The van der Waals surface area contributed by atoms with Gasteiger partial charge in [0.15, 0.2) is 5.82 Å². The van der Waals surface area contributed by atoms with Gasteiger partial charge in [0.05, 0.1) is 6.61 Å². The molecule has 120 valence electrons. The second-order valence-electron chi connectivity index (χ2n) is 4.25. The third-order valence-electron chi connectivity index (χ3n) is 2.43. The van der Waals surface area contributed by atoms with Crippen LogP contribution in [-0.2, 0) is 20.9 Å². The third-order valence-corrected chi connectivity index (χ3v) is 2.43. The number of halogens is 3. The molecule has 1 aromatic heterocycles. The van der Waals surface area contributed by atoms with Gasteiger partial charge in [-0.25, -0.2) is 0 Å². The first-order chi connectivity index (χ1) is 9.87. The van der Waals surface area contributed by atoms with Crippen LogP contribution in [0.15, 0.2) is 4.52 Å². The maximum atomic E-state index is 11.9. The lowest BCUT2D eigenvalue weighted by Gasteiger charge is -2.09. The summed E-state index contributed by atoms with van der Waals surface area (Å²) in [5, 5.41) is 3.50. The molecule has 0 fully saturated rings. The summed E-state index contributed by atoms with van der Waals surface area (Å²) in [5.41, 5.74) is 0. The SMILES string of the molecule is CCCC(C(=O)OCC)c1nc(COCC(F)(F)F)no1. The second-order valence-corrected chi connectivity index (χ2v) is 4.25. The molecule has 21 heavy (non-hydrogen) atoms. The zero-order valence-electron chi connectivity index (χ0n) is 11.8. The van der Waals surface area contributed by atoms with E-state index >= 15 is 0 Å². The van der Waals surface area contributed by atoms with Crippen molar-refractivity contribution in [1.82, 2.24) is 10.1 Å². The summed E-state index contributed by atoms with van der Waals surface area (Å²) in [6.45, 7) is 1.92. The maximum Gasteiger partial charge on any atom is 0.411 e. The van der Waals surface area contributed by atoms with E-state index in [9.17, 15) is 18.0 Å². The average Bonchev–Trinajstić information content (AvgIpc) is 2.83. The van der Waals surface area contributed by atoms with Crippen molar-refractivity contribution in [2.45, 2.75) is 45.4 Å². The van der Waals surface area contributed by atoms with Crippen molar-refractivity contribution in [2.75, 3.05) is 13.2 Å². The van der Waals surface area contributed by atoms with Crippen molar-refractivity contribution in [3.63, 3.8) is 0 Å². The number of carbonyl (C=O) groups excluding carboxylic acids is 1. The van der Waals surface area contributed by atoms with Gasteiger partial charge in [-0.3, -0.25) is 4.79 Å². The maximum absolute atomic E-state index is 11.9. The molecule has 0 aromatic carbocycles. The Hall–Kier alpha value is -1.64. The van der Waals surface area contributed by atoms with Crippen LogP contribution in [0.25, 0.3) is 0 Å². The van der Waals surface area contributed by atoms with Gasteiger partial charge in [0.2, 0.25) is 5.89 Å². The summed E-state index contributed by atoms with van der Waals surface area (Å²) in [5.74, 6) is -1.22. The predicted molar refractivity (Wildman–Crippen MR) is 64.3 cm³/mol. The highest BCUT2D eigenvalue weighted by Gasteiger charge is 2.29. The molecule has 0 saturated carbocycles. The normalized spacial score (nSPS) is 13.2. The van der Waals surface area contributed by atoms with Crippen LogP contribution >= 0.6 is 0 Å². The molecule has 9 heteroatoms. The lowest BCUT2D eigenvalue weighted by Crippen LogP contribution is -2.17. The molecule has 0 radical (unpaired) electrons. The number of ether oxygens (including phenoxy) is 2. The Bertz CT molecular complexity index is 448. The van der Waals surface area contributed by atoms with E-state index in [1.165, 1.54) is 0 Å². The topological polar surface area (TPSA) is 74.5 Å². The molecular weight excluding hydrogens is 293 g/mol. The van der Waals surface area contributed by atoms with Gasteiger partial charge >= 0.3 is 12.1 Å². The van der Waals surface area contributed by atoms with Gasteiger partial charge in [-0.1, -0.05) is 18.5 Å². The Morgan fingerprint density at radius 3 is 2.67 bits per heavy atom. The number of rotatable bonds is 8. The van der Waals surface area contributed by atoms with Crippen molar-refractivity contribution in [1.29, 1.82) is 0 Å². The standard InChI is InChI=1S/C12H17F3N2O4/c1-3-5-8(11(18)20-4-2)10-16-9(17-21-10)6-19-7-12(13,14)15/h8H,3-7H2,1-2H3. The van der Waals surface area contributed by atoms with Gasteiger partial charge in [0.25, 0.3) is 0 Å². The summed E-state index contributed by atoms with van der Waals surface area (Å²) >= 11 is 0. The number of alkyl halides is 3. The Labute approximate surface area is 119 Å². The van der Waals surface area contributed by atoms with E-state index < -0.39 is 31.3 Å². The number of hydrogen-bond acceptors (Lipinski definition) is 6. The third kappa shape index (κ3) is 6.11. The molecular formula is C12H17F3N2O4. The van der Waals surface area contributed by atoms with Crippen LogP contribution in [0, 0.1) is 0 Å². The smallest absolute Gasteiger partial charge is 0.411 e. The van der Waals surface area contributed by atoms with Crippen LogP contribution in [-0.4, -0.2) is 35.5 Å². The zero-order valence-corrected chi connectivity index (χ0v) is 11.8. The Morgan fingerprint density at radius 1 is 1.38 bits per heavy atom. The fourth-order valence-corrected chi connectivity index (χ4v) is 1.60. The quantitative estimate of drug-likeness (QED) is 0.687. The molecule has 1 heterocycles. The van der Waals surface area contributed by atoms with Gasteiger partial charge < -0.3 is 14.0 Å². The minimum absolute atomic E-state index is 0.0286. The molecule has 1 aromatic rings. The number of aromatic nitrogens is 2. The van der Waals surface area contributed by atoms with Gasteiger partial charge in [0, 0.05) is 0 Å². The van der Waals surface area contributed by atoms with Crippen LogP contribution in [0.1, 0.15) is 44.3 Å². The first-order valence-corrected chi connectivity index (χ1v) is 6.51. The fraction of sp³-hybridized carbons (Fsp3) is 0.750. The van der Waals surface area contributed by atoms with Gasteiger partial charge in [0.1, 0.15) is 19.1 Å². The Morgan fingerprint density at radius 2 is 2.10 bits per heavy atom. The first kappa shape index (κ1) is 17.4. The van der Waals surface area contributed by atoms with E-state index in [1.807, 2.05) is 6.92 Å². The molecule has 0 bridgehead atoms. The molecule has 1 rings (SSSR count). The molecule has 1 atom stereocenters. The second kappa shape index (κ2) is 7.96. The summed E-state index contributed by atoms with van der Waals surface area (Å²) in [7, 11) is 0. The molecule has 0 aliphatic carbocycles. The van der Waals surface area contributed by atoms with Crippen LogP contribution in [0.5, 0.6) is 0 Å². The van der Waals surface area contributed by atoms with E-state index in [1.54, 1.807) is 6.92 Å². The van der Waals surface area contributed by atoms with Crippen molar-refractivity contribution < 1.29 is 32.0 Å².